The van der Waals surface area contributed by atoms with Crippen molar-refractivity contribution in [2.75, 3.05) is 38.2 Å². The molecule has 0 bridgehead atoms. The summed E-state index contributed by atoms with van der Waals surface area (Å²) in [6.07, 6.45) is 0. The number of rotatable bonds is 6. The third kappa shape index (κ3) is 5.81. The van der Waals surface area contributed by atoms with Gasteiger partial charge in [-0.15, -0.1) is 0 Å². The molecule has 0 spiro atoms. The first-order valence-electron chi connectivity index (χ1n) is 9.63. The van der Waals surface area contributed by atoms with Crippen LogP contribution in [-0.4, -0.2) is 49.6 Å². The van der Waals surface area contributed by atoms with Crippen LogP contribution in [0.15, 0.2) is 46.9 Å². The number of nitrogens with zero attached hydrogens (tertiary/aromatic N) is 1. The molecule has 1 aliphatic heterocycles. The van der Waals surface area contributed by atoms with E-state index in [0.717, 1.165) is 10.0 Å². The Balaban J connectivity index is 1.55. The summed E-state index contributed by atoms with van der Waals surface area (Å²) >= 11 is 3.46. The molecule has 1 heterocycles. The van der Waals surface area contributed by atoms with Crippen molar-refractivity contribution in [2.45, 2.75) is 19.8 Å². The zero-order valence-corrected chi connectivity index (χ0v) is 18.2. The molecule has 2 amide bonds. The fraction of sp³-hybridized carbons (Fsp3) is 0.364. The van der Waals surface area contributed by atoms with Crippen molar-refractivity contribution < 1.29 is 19.1 Å². The van der Waals surface area contributed by atoms with E-state index in [-0.39, 0.29) is 24.3 Å². The molecule has 0 saturated carbocycles. The number of carbonyl (C=O) groups is 2. The predicted molar refractivity (Wildman–Crippen MR) is 116 cm³/mol. The van der Waals surface area contributed by atoms with Gasteiger partial charge in [0.25, 0.3) is 11.8 Å². The molecule has 1 N–H and O–H groups in total. The van der Waals surface area contributed by atoms with Crippen LogP contribution in [0.5, 0.6) is 5.75 Å². The van der Waals surface area contributed by atoms with Crippen molar-refractivity contribution in [3.63, 3.8) is 0 Å². The molecule has 2 aromatic rings. The Bertz CT molecular complexity index is 862. The second-order valence-electron chi connectivity index (χ2n) is 7.16. The molecular weight excluding hydrogens is 436 g/mol. The average molecular weight is 461 g/mol. The van der Waals surface area contributed by atoms with Gasteiger partial charge in [-0.1, -0.05) is 29.8 Å². The van der Waals surface area contributed by atoms with Crippen LogP contribution >= 0.6 is 15.9 Å². The lowest BCUT2D eigenvalue weighted by Crippen LogP contribution is -2.40. The van der Waals surface area contributed by atoms with E-state index in [2.05, 4.69) is 35.1 Å². The Kier molecular flexibility index (Phi) is 7.28. The maximum absolute atomic E-state index is 12.5. The van der Waals surface area contributed by atoms with Crippen LogP contribution in [0.4, 0.5) is 5.69 Å². The minimum Gasteiger partial charge on any atom is -0.483 e. The summed E-state index contributed by atoms with van der Waals surface area (Å²) in [4.78, 5) is 26.5. The van der Waals surface area contributed by atoms with E-state index < -0.39 is 0 Å². The number of benzene rings is 2. The van der Waals surface area contributed by atoms with E-state index >= 15 is 0 Å². The summed E-state index contributed by atoms with van der Waals surface area (Å²) in [5, 5.41) is 2.80. The SMILES string of the molecule is CC(C)c1cc(Br)ccc1OCC(=O)Nc1ccc(C(=O)N2CCOCC2)cc1. The van der Waals surface area contributed by atoms with Crippen molar-refractivity contribution >= 4 is 33.4 Å². The minimum absolute atomic E-state index is 0.0223. The lowest BCUT2D eigenvalue weighted by atomic mass is 10.0. The zero-order chi connectivity index (χ0) is 20.8. The number of halogens is 1. The molecule has 6 nitrogen and oxygen atoms in total. The molecule has 0 atom stereocenters. The Morgan fingerprint density at radius 2 is 1.83 bits per heavy atom. The quantitative estimate of drug-likeness (QED) is 0.705. The van der Waals surface area contributed by atoms with Crippen LogP contribution in [0.25, 0.3) is 0 Å². The summed E-state index contributed by atoms with van der Waals surface area (Å²) in [5.41, 5.74) is 2.26. The van der Waals surface area contributed by atoms with E-state index in [1.54, 1.807) is 29.2 Å². The van der Waals surface area contributed by atoms with E-state index in [1.807, 2.05) is 18.2 Å². The molecule has 2 aromatic carbocycles. The van der Waals surface area contributed by atoms with Gasteiger partial charge >= 0.3 is 0 Å². The number of nitrogens with one attached hydrogen (secondary N) is 1. The monoisotopic (exact) mass is 460 g/mol. The van der Waals surface area contributed by atoms with Gasteiger partial charge in [-0.05, 0) is 53.9 Å². The van der Waals surface area contributed by atoms with Crippen LogP contribution in [0.2, 0.25) is 0 Å². The summed E-state index contributed by atoms with van der Waals surface area (Å²) in [7, 11) is 0. The highest BCUT2D eigenvalue weighted by molar-refractivity contribution is 9.10. The van der Waals surface area contributed by atoms with Crippen molar-refractivity contribution in [1.29, 1.82) is 0 Å². The van der Waals surface area contributed by atoms with Gasteiger partial charge < -0.3 is 19.7 Å². The van der Waals surface area contributed by atoms with E-state index in [0.29, 0.717) is 43.3 Å². The Morgan fingerprint density at radius 1 is 1.14 bits per heavy atom. The normalized spacial score (nSPS) is 14.0. The van der Waals surface area contributed by atoms with Crippen LogP contribution < -0.4 is 10.1 Å². The smallest absolute Gasteiger partial charge is 0.262 e. The number of carbonyl (C=O) groups excluding carboxylic acids is 2. The Hall–Kier alpha value is -2.38. The van der Waals surface area contributed by atoms with Crippen LogP contribution in [-0.2, 0) is 9.53 Å². The van der Waals surface area contributed by atoms with Crippen molar-refractivity contribution in [1.82, 2.24) is 4.90 Å². The Morgan fingerprint density at radius 3 is 2.48 bits per heavy atom. The molecule has 7 heteroatoms. The molecule has 0 aromatic heterocycles. The largest absolute Gasteiger partial charge is 0.483 e. The van der Waals surface area contributed by atoms with Crippen LogP contribution in [0.3, 0.4) is 0 Å². The molecule has 1 fully saturated rings. The van der Waals surface area contributed by atoms with Gasteiger partial charge in [-0.25, -0.2) is 0 Å². The molecule has 29 heavy (non-hydrogen) atoms. The highest BCUT2D eigenvalue weighted by Gasteiger charge is 2.18. The molecule has 0 unspecified atom stereocenters. The van der Waals surface area contributed by atoms with Gasteiger partial charge in [0.05, 0.1) is 13.2 Å². The lowest BCUT2D eigenvalue weighted by molar-refractivity contribution is -0.118. The third-order valence-electron chi connectivity index (χ3n) is 4.67. The molecule has 1 aliphatic rings. The molecule has 3 rings (SSSR count). The number of amides is 2. The maximum Gasteiger partial charge on any atom is 0.262 e. The van der Waals surface area contributed by atoms with Gasteiger partial charge in [0.15, 0.2) is 6.61 Å². The first-order chi connectivity index (χ1) is 13.9. The first kappa shape index (κ1) is 21.3. The van der Waals surface area contributed by atoms with Gasteiger partial charge in [-0.3, -0.25) is 9.59 Å². The minimum atomic E-state index is -0.255. The van der Waals surface area contributed by atoms with Crippen molar-refractivity contribution in [3.05, 3.63) is 58.1 Å². The third-order valence-corrected chi connectivity index (χ3v) is 5.16. The molecule has 0 radical (unpaired) electrons. The summed E-state index contributed by atoms with van der Waals surface area (Å²) in [6.45, 7) is 6.40. The van der Waals surface area contributed by atoms with E-state index in [9.17, 15) is 9.59 Å². The molecule has 1 saturated heterocycles. The van der Waals surface area contributed by atoms with E-state index in [1.165, 1.54) is 0 Å². The number of morpholine rings is 1. The fourth-order valence-corrected chi connectivity index (χ4v) is 3.47. The summed E-state index contributed by atoms with van der Waals surface area (Å²) in [5.74, 6) is 0.702. The zero-order valence-electron chi connectivity index (χ0n) is 16.6. The molecule has 154 valence electrons. The number of ether oxygens (including phenoxy) is 2. The summed E-state index contributed by atoms with van der Waals surface area (Å²) < 4.78 is 12.0. The number of hydrogen-bond donors (Lipinski definition) is 1. The van der Waals surface area contributed by atoms with Gasteiger partial charge in [-0.2, -0.15) is 0 Å². The van der Waals surface area contributed by atoms with E-state index in [4.69, 9.17) is 9.47 Å². The maximum atomic E-state index is 12.5. The van der Waals surface area contributed by atoms with Crippen molar-refractivity contribution in [2.24, 2.45) is 0 Å². The predicted octanol–water partition coefficient (Wildman–Crippen LogP) is 4.06. The van der Waals surface area contributed by atoms with Crippen molar-refractivity contribution in [3.8, 4) is 5.75 Å². The van der Waals surface area contributed by atoms with Gasteiger partial charge in [0.1, 0.15) is 5.75 Å². The first-order valence-corrected chi connectivity index (χ1v) is 10.4. The topological polar surface area (TPSA) is 67.9 Å². The molecule has 0 aliphatic carbocycles. The van der Waals surface area contributed by atoms with Crippen LogP contribution in [0.1, 0.15) is 35.7 Å². The fourth-order valence-electron chi connectivity index (χ4n) is 3.09. The second-order valence-corrected chi connectivity index (χ2v) is 8.07. The van der Waals surface area contributed by atoms with Gasteiger partial charge in [0, 0.05) is 28.8 Å². The molecular formula is C22H25BrN2O4. The van der Waals surface area contributed by atoms with Crippen LogP contribution in [0, 0.1) is 0 Å². The number of anilines is 1. The standard InChI is InChI=1S/C22H25BrN2O4/c1-15(2)19-13-17(23)5-8-20(19)29-14-21(26)24-18-6-3-16(4-7-18)22(27)25-9-11-28-12-10-25/h3-8,13,15H,9-12,14H2,1-2H3,(H,24,26). The second kappa shape index (κ2) is 9.89. The van der Waals surface area contributed by atoms with Gasteiger partial charge in [0.2, 0.25) is 0 Å². The lowest BCUT2D eigenvalue weighted by Gasteiger charge is -2.26. The average Bonchev–Trinajstić information content (AvgIpc) is 2.73. The highest BCUT2D eigenvalue weighted by Crippen LogP contribution is 2.29. The Labute approximate surface area is 179 Å². The number of hydrogen-bond acceptors (Lipinski definition) is 4. The highest BCUT2D eigenvalue weighted by atomic mass is 79.9. The summed E-state index contributed by atoms with van der Waals surface area (Å²) in [6, 6.07) is 12.7.